The van der Waals surface area contributed by atoms with E-state index in [2.05, 4.69) is 6.92 Å². The third kappa shape index (κ3) is 7.71. The standard InChI is InChI=1S/C13H28O4/c1-5-9-10-11-14-12-13(15-6-2,16-7-3)17-8-4/h5-12H2,1-4H3. The maximum atomic E-state index is 5.58. The Bertz CT molecular complexity index is 144. The minimum Gasteiger partial charge on any atom is -0.373 e. The molecule has 0 aliphatic rings. The molecule has 0 aromatic rings. The molecule has 17 heavy (non-hydrogen) atoms. The molecule has 4 nitrogen and oxygen atoms in total. The normalized spacial score (nSPS) is 12.0. The van der Waals surface area contributed by atoms with Gasteiger partial charge in [-0.2, -0.15) is 0 Å². The molecule has 0 amide bonds. The minimum atomic E-state index is -1.02. The topological polar surface area (TPSA) is 36.9 Å². The first-order chi connectivity index (χ1) is 8.24. The number of hydrogen-bond acceptors (Lipinski definition) is 4. The second kappa shape index (κ2) is 11.0. The van der Waals surface area contributed by atoms with Crippen molar-refractivity contribution in [1.29, 1.82) is 0 Å². The van der Waals surface area contributed by atoms with Gasteiger partial charge in [0.1, 0.15) is 6.61 Å². The Labute approximate surface area is 106 Å². The Morgan fingerprint density at radius 1 is 0.765 bits per heavy atom. The predicted octanol–water partition coefficient (Wildman–Crippen LogP) is 2.96. The van der Waals surface area contributed by atoms with E-state index < -0.39 is 5.97 Å². The molecule has 0 aliphatic carbocycles. The molecule has 0 bridgehead atoms. The maximum Gasteiger partial charge on any atom is 0.307 e. The number of rotatable bonds is 12. The number of hydrogen-bond donors (Lipinski definition) is 0. The molecule has 0 aromatic heterocycles. The molecular weight excluding hydrogens is 220 g/mol. The van der Waals surface area contributed by atoms with Gasteiger partial charge in [0.15, 0.2) is 0 Å². The first kappa shape index (κ1) is 16.8. The van der Waals surface area contributed by atoms with Crippen molar-refractivity contribution in [1.82, 2.24) is 0 Å². The summed E-state index contributed by atoms with van der Waals surface area (Å²) in [5.41, 5.74) is 0. The third-order valence-corrected chi connectivity index (χ3v) is 2.26. The highest BCUT2D eigenvalue weighted by Crippen LogP contribution is 2.16. The molecule has 0 saturated carbocycles. The summed E-state index contributed by atoms with van der Waals surface area (Å²) in [4.78, 5) is 0. The fourth-order valence-electron chi connectivity index (χ4n) is 1.56. The summed E-state index contributed by atoms with van der Waals surface area (Å²) < 4.78 is 22.2. The summed E-state index contributed by atoms with van der Waals surface area (Å²) in [5.74, 6) is -1.02. The van der Waals surface area contributed by atoms with Crippen LogP contribution in [0.2, 0.25) is 0 Å². The lowest BCUT2D eigenvalue weighted by atomic mass is 10.3. The van der Waals surface area contributed by atoms with Crippen molar-refractivity contribution >= 4 is 0 Å². The second-order valence-corrected chi connectivity index (χ2v) is 3.74. The van der Waals surface area contributed by atoms with E-state index in [4.69, 9.17) is 18.9 Å². The Morgan fingerprint density at radius 3 is 1.71 bits per heavy atom. The van der Waals surface area contributed by atoms with Crippen LogP contribution in [0.1, 0.15) is 47.0 Å². The van der Waals surface area contributed by atoms with Crippen LogP contribution in [0.15, 0.2) is 0 Å². The van der Waals surface area contributed by atoms with Gasteiger partial charge in [0.25, 0.3) is 0 Å². The van der Waals surface area contributed by atoms with Gasteiger partial charge in [0, 0.05) is 26.4 Å². The van der Waals surface area contributed by atoms with Crippen molar-refractivity contribution in [2.75, 3.05) is 33.0 Å². The monoisotopic (exact) mass is 248 g/mol. The van der Waals surface area contributed by atoms with Gasteiger partial charge in [-0.1, -0.05) is 19.8 Å². The van der Waals surface area contributed by atoms with Crippen LogP contribution in [-0.4, -0.2) is 39.0 Å². The van der Waals surface area contributed by atoms with E-state index in [0.29, 0.717) is 26.4 Å². The van der Waals surface area contributed by atoms with Gasteiger partial charge in [-0.15, -0.1) is 0 Å². The number of ether oxygens (including phenoxy) is 4. The second-order valence-electron chi connectivity index (χ2n) is 3.74. The van der Waals surface area contributed by atoms with Crippen molar-refractivity contribution in [2.24, 2.45) is 0 Å². The van der Waals surface area contributed by atoms with Gasteiger partial charge >= 0.3 is 5.97 Å². The lowest BCUT2D eigenvalue weighted by Gasteiger charge is -2.31. The fourth-order valence-corrected chi connectivity index (χ4v) is 1.56. The van der Waals surface area contributed by atoms with Crippen LogP contribution in [0.3, 0.4) is 0 Å². The van der Waals surface area contributed by atoms with E-state index >= 15 is 0 Å². The van der Waals surface area contributed by atoms with Crippen LogP contribution in [0.4, 0.5) is 0 Å². The average Bonchev–Trinajstić information content (AvgIpc) is 2.30. The van der Waals surface area contributed by atoms with Crippen LogP contribution in [0.25, 0.3) is 0 Å². The first-order valence-electron chi connectivity index (χ1n) is 6.74. The zero-order chi connectivity index (χ0) is 13.0. The molecule has 0 spiro atoms. The smallest absolute Gasteiger partial charge is 0.307 e. The van der Waals surface area contributed by atoms with Crippen LogP contribution < -0.4 is 0 Å². The summed E-state index contributed by atoms with van der Waals surface area (Å²) in [7, 11) is 0. The highest BCUT2D eigenvalue weighted by molar-refractivity contribution is 4.56. The molecular formula is C13H28O4. The molecule has 0 N–H and O–H groups in total. The van der Waals surface area contributed by atoms with E-state index in [9.17, 15) is 0 Å². The Kier molecular flexibility index (Phi) is 10.9. The molecule has 0 unspecified atom stereocenters. The van der Waals surface area contributed by atoms with E-state index in [1.54, 1.807) is 0 Å². The molecule has 0 saturated heterocycles. The third-order valence-electron chi connectivity index (χ3n) is 2.26. The van der Waals surface area contributed by atoms with Crippen molar-refractivity contribution in [3.63, 3.8) is 0 Å². The molecule has 104 valence electrons. The van der Waals surface area contributed by atoms with Gasteiger partial charge < -0.3 is 18.9 Å². The van der Waals surface area contributed by atoms with Crippen molar-refractivity contribution in [2.45, 2.75) is 52.9 Å². The molecule has 0 aliphatic heterocycles. The summed E-state index contributed by atoms with van der Waals surface area (Å²) >= 11 is 0. The van der Waals surface area contributed by atoms with Crippen LogP contribution in [0.5, 0.6) is 0 Å². The van der Waals surface area contributed by atoms with Crippen molar-refractivity contribution < 1.29 is 18.9 Å². The van der Waals surface area contributed by atoms with E-state index in [1.807, 2.05) is 20.8 Å². The van der Waals surface area contributed by atoms with Gasteiger partial charge in [-0.05, 0) is 27.2 Å². The molecule has 0 aromatic carbocycles. The quantitative estimate of drug-likeness (QED) is 0.393. The van der Waals surface area contributed by atoms with Crippen LogP contribution >= 0.6 is 0 Å². The van der Waals surface area contributed by atoms with E-state index in [-0.39, 0.29) is 0 Å². The van der Waals surface area contributed by atoms with Crippen molar-refractivity contribution in [3.05, 3.63) is 0 Å². The van der Waals surface area contributed by atoms with E-state index in [1.165, 1.54) is 12.8 Å². The zero-order valence-electron chi connectivity index (χ0n) is 11.8. The first-order valence-corrected chi connectivity index (χ1v) is 6.74. The summed E-state index contributed by atoms with van der Waals surface area (Å²) in [5, 5.41) is 0. The molecule has 0 radical (unpaired) electrons. The van der Waals surface area contributed by atoms with Gasteiger partial charge in [-0.3, -0.25) is 0 Å². The lowest BCUT2D eigenvalue weighted by molar-refractivity contribution is -0.391. The Morgan fingerprint density at radius 2 is 1.29 bits per heavy atom. The fraction of sp³-hybridized carbons (Fsp3) is 1.00. The van der Waals surface area contributed by atoms with Crippen LogP contribution in [0, 0.1) is 0 Å². The van der Waals surface area contributed by atoms with Gasteiger partial charge in [-0.25, -0.2) is 0 Å². The van der Waals surface area contributed by atoms with Gasteiger partial charge in [0.05, 0.1) is 0 Å². The van der Waals surface area contributed by atoms with Crippen LogP contribution in [-0.2, 0) is 18.9 Å². The molecule has 0 atom stereocenters. The molecule has 0 rings (SSSR count). The maximum absolute atomic E-state index is 5.58. The summed E-state index contributed by atoms with van der Waals surface area (Å²) in [6, 6.07) is 0. The molecule has 0 heterocycles. The Balaban J connectivity index is 4.05. The highest BCUT2D eigenvalue weighted by atomic mass is 16.9. The van der Waals surface area contributed by atoms with E-state index in [0.717, 1.165) is 13.0 Å². The lowest BCUT2D eigenvalue weighted by Crippen LogP contribution is -2.44. The van der Waals surface area contributed by atoms with Crippen molar-refractivity contribution in [3.8, 4) is 0 Å². The zero-order valence-corrected chi connectivity index (χ0v) is 11.8. The number of unbranched alkanes of at least 4 members (excludes halogenated alkanes) is 2. The largest absolute Gasteiger partial charge is 0.373 e. The summed E-state index contributed by atoms with van der Waals surface area (Å²) in [6.07, 6.45) is 3.44. The average molecular weight is 248 g/mol. The van der Waals surface area contributed by atoms with Gasteiger partial charge in [0.2, 0.25) is 0 Å². The SMILES string of the molecule is CCCCCOCC(OCC)(OCC)OCC. The molecule has 0 fully saturated rings. The minimum absolute atomic E-state index is 0.326. The Hall–Kier alpha value is -0.160. The molecule has 4 heteroatoms. The highest BCUT2D eigenvalue weighted by Gasteiger charge is 2.32. The predicted molar refractivity (Wildman–Crippen MR) is 68.0 cm³/mol. The summed E-state index contributed by atoms with van der Waals surface area (Å²) in [6.45, 7) is 10.6.